The van der Waals surface area contributed by atoms with E-state index in [1.54, 1.807) is 65.8 Å². The second kappa shape index (κ2) is 10.3. The van der Waals surface area contributed by atoms with Crippen LogP contribution in [0.4, 0.5) is 25.4 Å². The van der Waals surface area contributed by atoms with Gasteiger partial charge in [-0.25, -0.2) is 14.0 Å². The molecule has 3 N–H and O–H groups in total. The van der Waals surface area contributed by atoms with Crippen LogP contribution in [0.15, 0.2) is 42.5 Å². The summed E-state index contributed by atoms with van der Waals surface area (Å²) < 4.78 is 24.6. The fourth-order valence-electron chi connectivity index (χ4n) is 2.66. The molecule has 0 bridgehead atoms. The molecule has 178 valence electrons. The van der Waals surface area contributed by atoms with Crippen molar-refractivity contribution in [3.63, 3.8) is 0 Å². The molecule has 9 heteroatoms. The van der Waals surface area contributed by atoms with Crippen LogP contribution in [0.5, 0.6) is 0 Å². The minimum Gasteiger partial charge on any atom is -0.444 e. The number of hydrogen-bond acceptors (Lipinski definition) is 5. The molecule has 0 radical (unpaired) electrons. The van der Waals surface area contributed by atoms with Crippen molar-refractivity contribution in [2.75, 3.05) is 10.6 Å². The van der Waals surface area contributed by atoms with Gasteiger partial charge < -0.3 is 14.8 Å². The Morgan fingerprint density at radius 1 is 0.818 bits per heavy atom. The van der Waals surface area contributed by atoms with E-state index in [0.29, 0.717) is 11.3 Å². The summed E-state index contributed by atoms with van der Waals surface area (Å²) in [5, 5.41) is 7.73. The highest BCUT2D eigenvalue weighted by Gasteiger charge is 2.19. The number of carbonyl (C=O) groups excluding carboxylic acids is 3. The van der Waals surface area contributed by atoms with E-state index in [2.05, 4.69) is 16.0 Å². The van der Waals surface area contributed by atoms with Crippen LogP contribution in [0.1, 0.15) is 57.5 Å². The van der Waals surface area contributed by atoms with E-state index in [1.807, 2.05) is 0 Å². The van der Waals surface area contributed by atoms with Crippen molar-refractivity contribution in [3.05, 3.63) is 59.4 Å². The molecule has 0 unspecified atom stereocenters. The molecule has 0 fully saturated rings. The lowest BCUT2D eigenvalue weighted by molar-refractivity contribution is 0.0624. The van der Waals surface area contributed by atoms with Crippen LogP contribution in [-0.2, 0) is 16.0 Å². The van der Waals surface area contributed by atoms with Gasteiger partial charge in [-0.15, -0.1) is 0 Å². The van der Waals surface area contributed by atoms with Crippen LogP contribution in [0.25, 0.3) is 0 Å². The van der Waals surface area contributed by atoms with Crippen molar-refractivity contribution in [3.8, 4) is 0 Å². The van der Waals surface area contributed by atoms with Crippen molar-refractivity contribution in [1.82, 2.24) is 5.32 Å². The molecule has 0 atom stereocenters. The molecule has 0 aliphatic rings. The number of carbonyl (C=O) groups is 3. The lowest BCUT2D eigenvalue weighted by atomic mass is 10.1. The highest BCUT2D eigenvalue weighted by atomic mass is 19.1. The summed E-state index contributed by atoms with van der Waals surface area (Å²) in [5.74, 6) is -1.39. The zero-order valence-electron chi connectivity index (χ0n) is 19.7. The lowest BCUT2D eigenvalue weighted by Gasteiger charge is -2.20. The van der Waals surface area contributed by atoms with E-state index in [-0.39, 0.29) is 17.8 Å². The number of anilines is 2. The predicted molar refractivity (Wildman–Crippen MR) is 124 cm³/mol. The van der Waals surface area contributed by atoms with E-state index < -0.39 is 35.1 Å². The minimum absolute atomic E-state index is 0.0891. The molecule has 33 heavy (non-hydrogen) atoms. The predicted octanol–water partition coefficient (Wildman–Crippen LogP) is 5.45. The monoisotopic (exact) mass is 459 g/mol. The maximum Gasteiger partial charge on any atom is 0.412 e. The molecule has 0 saturated heterocycles. The van der Waals surface area contributed by atoms with Crippen molar-refractivity contribution >= 4 is 29.5 Å². The first-order valence-electron chi connectivity index (χ1n) is 10.4. The zero-order chi connectivity index (χ0) is 24.8. The summed E-state index contributed by atoms with van der Waals surface area (Å²) in [4.78, 5) is 36.4. The smallest absolute Gasteiger partial charge is 0.412 e. The Balaban J connectivity index is 2.02. The highest BCUT2D eigenvalue weighted by Crippen LogP contribution is 2.18. The number of rotatable bonds is 5. The average molecular weight is 460 g/mol. The Morgan fingerprint density at radius 2 is 1.36 bits per heavy atom. The summed E-state index contributed by atoms with van der Waals surface area (Å²) in [6.45, 7) is 10.5. The van der Waals surface area contributed by atoms with Gasteiger partial charge in [0.2, 0.25) is 0 Å². The Kier molecular flexibility index (Phi) is 8.03. The summed E-state index contributed by atoms with van der Waals surface area (Å²) >= 11 is 0. The lowest BCUT2D eigenvalue weighted by Crippen LogP contribution is -2.28. The van der Waals surface area contributed by atoms with E-state index in [4.69, 9.17) is 9.47 Å². The van der Waals surface area contributed by atoms with Gasteiger partial charge in [0.15, 0.2) is 0 Å². The van der Waals surface area contributed by atoms with Crippen molar-refractivity contribution in [2.24, 2.45) is 0 Å². The van der Waals surface area contributed by atoms with Crippen molar-refractivity contribution in [2.45, 2.75) is 59.3 Å². The molecule has 0 spiro atoms. The summed E-state index contributed by atoms with van der Waals surface area (Å²) in [6.07, 6.45) is -1.31. The molecular weight excluding hydrogens is 429 g/mol. The van der Waals surface area contributed by atoms with Gasteiger partial charge in [0.05, 0.1) is 5.56 Å². The fraction of sp³-hybridized carbons (Fsp3) is 0.375. The topological polar surface area (TPSA) is 106 Å². The van der Waals surface area contributed by atoms with Crippen LogP contribution in [0, 0.1) is 5.82 Å². The third-order valence-electron chi connectivity index (χ3n) is 3.88. The van der Waals surface area contributed by atoms with Gasteiger partial charge in [-0.2, -0.15) is 0 Å². The van der Waals surface area contributed by atoms with Gasteiger partial charge in [-0.1, -0.05) is 12.1 Å². The second-order valence-corrected chi connectivity index (χ2v) is 9.33. The highest BCUT2D eigenvalue weighted by molar-refractivity contribution is 5.96. The molecule has 0 aliphatic carbocycles. The normalized spacial score (nSPS) is 11.4. The maximum atomic E-state index is 14.2. The third kappa shape index (κ3) is 9.18. The second-order valence-electron chi connectivity index (χ2n) is 9.33. The van der Waals surface area contributed by atoms with Crippen LogP contribution in [0.3, 0.4) is 0 Å². The van der Waals surface area contributed by atoms with Gasteiger partial charge in [-0.3, -0.25) is 15.4 Å². The Labute approximate surface area is 192 Å². The molecule has 2 rings (SSSR count). The van der Waals surface area contributed by atoms with Gasteiger partial charge in [0.25, 0.3) is 5.91 Å². The fourth-order valence-corrected chi connectivity index (χ4v) is 2.66. The molecule has 0 aromatic heterocycles. The van der Waals surface area contributed by atoms with Crippen LogP contribution < -0.4 is 16.0 Å². The molecule has 0 aliphatic heterocycles. The van der Waals surface area contributed by atoms with E-state index >= 15 is 0 Å². The van der Waals surface area contributed by atoms with Gasteiger partial charge in [-0.05, 0) is 77.4 Å². The SMILES string of the molecule is CC(C)(C)OC(=O)Nc1cccc(CNC(=O)c2cc(NC(=O)OC(C)(C)C)ccc2F)c1. The number of hydrogen-bond donors (Lipinski definition) is 3. The first-order valence-corrected chi connectivity index (χ1v) is 10.4. The number of halogens is 1. The molecule has 0 saturated carbocycles. The third-order valence-corrected chi connectivity index (χ3v) is 3.88. The largest absolute Gasteiger partial charge is 0.444 e. The molecular formula is C24H30FN3O5. The summed E-state index contributed by atoms with van der Waals surface area (Å²) in [7, 11) is 0. The quantitative estimate of drug-likeness (QED) is 0.551. The van der Waals surface area contributed by atoms with Crippen LogP contribution >= 0.6 is 0 Å². The van der Waals surface area contributed by atoms with E-state index in [1.165, 1.54) is 12.1 Å². The number of amides is 3. The minimum atomic E-state index is -0.734. The molecule has 2 aromatic rings. The summed E-state index contributed by atoms with van der Waals surface area (Å²) in [5.41, 5.74) is -0.166. The number of benzene rings is 2. The first-order chi connectivity index (χ1) is 15.2. The van der Waals surface area contributed by atoms with Gasteiger partial charge >= 0.3 is 12.2 Å². The maximum absolute atomic E-state index is 14.2. The van der Waals surface area contributed by atoms with Crippen molar-refractivity contribution < 1.29 is 28.2 Å². The zero-order valence-corrected chi connectivity index (χ0v) is 19.7. The molecule has 2 aromatic carbocycles. The van der Waals surface area contributed by atoms with Crippen LogP contribution in [0.2, 0.25) is 0 Å². The number of ether oxygens (including phenoxy) is 2. The van der Waals surface area contributed by atoms with Gasteiger partial charge in [0, 0.05) is 17.9 Å². The Hall–Kier alpha value is -3.62. The van der Waals surface area contributed by atoms with Gasteiger partial charge in [0.1, 0.15) is 17.0 Å². The molecule has 0 heterocycles. The molecule has 3 amide bonds. The Morgan fingerprint density at radius 3 is 1.91 bits per heavy atom. The number of nitrogens with one attached hydrogen (secondary N) is 3. The standard InChI is InChI=1S/C24H30FN3O5/c1-23(2,3)32-21(30)27-16-9-7-8-15(12-16)14-26-20(29)18-13-17(10-11-19(18)25)28-22(31)33-24(4,5)6/h7-13H,14H2,1-6H3,(H,26,29)(H,27,30)(H,28,31). The summed E-state index contributed by atoms with van der Waals surface area (Å²) in [6, 6.07) is 10.5. The van der Waals surface area contributed by atoms with Crippen LogP contribution in [-0.4, -0.2) is 29.3 Å². The van der Waals surface area contributed by atoms with E-state index in [0.717, 1.165) is 6.07 Å². The molecule has 8 nitrogen and oxygen atoms in total. The van der Waals surface area contributed by atoms with E-state index in [9.17, 15) is 18.8 Å². The Bertz CT molecular complexity index is 1030. The van der Waals surface area contributed by atoms with Crippen molar-refractivity contribution in [1.29, 1.82) is 0 Å². The first kappa shape index (κ1) is 25.6. The average Bonchev–Trinajstić information content (AvgIpc) is 2.65.